The van der Waals surface area contributed by atoms with E-state index in [9.17, 15) is 18.0 Å². The maximum absolute atomic E-state index is 12.2. The standard InChI is InChI=1S/C12H9F3O/c13-12(14,15)11-7-5-10(6-8-11)4-2-1-3-9-16/h1-9H/b3-1+,4-2+. The summed E-state index contributed by atoms with van der Waals surface area (Å²) in [6, 6.07) is 4.77. The Hall–Kier alpha value is -1.84. The number of halogens is 3. The molecule has 1 rings (SSSR count). The summed E-state index contributed by atoms with van der Waals surface area (Å²) in [5.41, 5.74) is -0.0309. The van der Waals surface area contributed by atoms with Crippen LogP contribution >= 0.6 is 0 Å². The maximum Gasteiger partial charge on any atom is 0.416 e. The zero-order valence-electron chi connectivity index (χ0n) is 8.24. The van der Waals surface area contributed by atoms with E-state index in [2.05, 4.69) is 0 Å². The van der Waals surface area contributed by atoms with Crippen LogP contribution in [0.1, 0.15) is 11.1 Å². The molecule has 1 aromatic rings. The first kappa shape index (κ1) is 12.2. The Labute approximate surface area is 90.9 Å². The van der Waals surface area contributed by atoms with Crippen LogP contribution in [0.3, 0.4) is 0 Å². The van der Waals surface area contributed by atoms with Crippen LogP contribution in [0, 0.1) is 0 Å². The lowest BCUT2D eigenvalue weighted by Gasteiger charge is -2.05. The normalized spacial score (nSPS) is 12.4. The molecule has 1 aromatic carbocycles. The predicted octanol–water partition coefficient (Wildman–Crippen LogP) is 3.47. The van der Waals surface area contributed by atoms with E-state index in [4.69, 9.17) is 0 Å². The van der Waals surface area contributed by atoms with E-state index in [1.807, 2.05) is 0 Å². The molecule has 0 bridgehead atoms. The highest BCUT2D eigenvalue weighted by molar-refractivity contribution is 5.66. The first-order valence-electron chi connectivity index (χ1n) is 4.50. The summed E-state index contributed by atoms with van der Waals surface area (Å²) in [4.78, 5) is 9.93. The van der Waals surface area contributed by atoms with Crippen molar-refractivity contribution in [3.05, 3.63) is 53.6 Å². The van der Waals surface area contributed by atoms with Gasteiger partial charge in [-0.15, -0.1) is 0 Å². The third-order valence-corrected chi connectivity index (χ3v) is 1.83. The van der Waals surface area contributed by atoms with Crippen LogP contribution < -0.4 is 0 Å². The van der Waals surface area contributed by atoms with Gasteiger partial charge in [0.05, 0.1) is 5.56 Å². The Kier molecular flexibility index (Phi) is 4.05. The van der Waals surface area contributed by atoms with Crippen LogP contribution in [-0.2, 0) is 11.0 Å². The van der Waals surface area contributed by atoms with Gasteiger partial charge in [-0.3, -0.25) is 4.79 Å². The fraction of sp³-hybridized carbons (Fsp3) is 0.0833. The molecule has 0 saturated heterocycles. The van der Waals surface area contributed by atoms with E-state index in [1.54, 1.807) is 12.2 Å². The van der Waals surface area contributed by atoms with Gasteiger partial charge in [-0.2, -0.15) is 13.2 Å². The molecular weight excluding hydrogens is 217 g/mol. The molecule has 0 fully saturated rings. The fourth-order valence-corrected chi connectivity index (χ4v) is 1.06. The minimum atomic E-state index is -4.31. The van der Waals surface area contributed by atoms with Crippen molar-refractivity contribution < 1.29 is 18.0 Å². The van der Waals surface area contributed by atoms with Crippen molar-refractivity contribution in [2.75, 3.05) is 0 Å². The average Bonchev–Trinajstić information content (AvgIpc) is 2.24. The Morgan fingerprint density at radius 2 is 1.56 bits per heavy atom. The largest absolute Gasteiger partial charge is 0.416 e. The number of aldehydes is 1. The van der Waals surface area contributed by atoms with Crippen LogP contribution in [-0.4, -0.2) is 6.29 Å². The van der Waals surface area contributed by atoms with Gasteiger partial charge in [0, 0.05) is 0 Å². The number of hydrogen-bond acceptors (Lipinski definition) is 1. The summed E-state index contributed by atoms with van der Waals surface area (Å²) < 4.78 is 36.6. The van der Waals surface area contributed by atoms with Crippen molar-refractivity contribution in [1.82, 2.24) is 0 Å². The lowest BCUT2D eigenvalue weighted by Crippen LogP contribution is -2.03. The van der Waals surface area contributed by atoms with Gasteiger partial charge < -0.3 is 0 Å². The highest BCUT2D eigenvalue weighted by Gasteiger charge is 2.29. The molecule has 0 aromatic heterocycles. The van der Waals surface area contributed by atoms with Crippen molar-refractivity contribution in [3.63, 3.8) is 0 Å². The minimum Gasteiger partial charge on any atom is -0.299 e. The van der Waals surface area contributed by atoms with Gasteiger partial charge in [-0.25, -0.2) is 0 Å². The Morgan fingerprint density at radius 3 is 2.06 bits per heavy atom. The highest BCUT2D eigenvalue weighted by atomic mass is 19.4. The van der Waals surface area contributed by atoms with Crippen LogP contribution in [0.2, 0.25) is 0 Å². The number of hydrogen-bond donors (Lipinski definition) is 0. The molecule has 0 spiro atoms. The van der Waals surface area contributed by atoms with E-state index in [-0.39, 0.29) is 0 Å². The molecule has 1 nitrogen and oxygen atoms in total. The monoisotopic (exact) mass is 226 g/mol. The van der Waals surface area contributed by atoms with Gasteiger partial charge in [0.2, 0.25) is 0 Å². The molecule has 0 heterocycles. The van der Waals surface area contributed by atoms with Crippen LogP contribution in [0.5, 0.6) is 0 Å². The Bertz CT molecular complexity index is 399. The molecule has 0 radical (unpaired) electrons. The van der Waals surface area contributed by atoms with Gasteiger partial charge in [0.1, 0.15) is 6.29 Å². The van der Waals surface area contributed by atoms with Crippen LogP contribution in [0.25, 0.3) is 6.08 Å². The second kappa shape index (κ2) is 5.30. The van der Waals surface area contributed by atoms with Crippen molar-refractivity contribution in [2.24, 2.45) is 0 Å². The molecule has 0 aliphatic carbocycles. The number of carbonyl (C=O) groups excluding carboxylic acids is 1. The summed E-state index contributed by atoms with van der Waals surface area (Å²) in [6.45, 7) is 0. The molecule has 0 unspecified atom stereocenters. The molecule has 4 heteroatoms. The SMILES string of the molecule is O=C/C=C/C=C/c1ccc(C(F)(F)F)cc1. The molecule has 84 valence electrons. The van der Waals surface area contributed by atoms with Gasteiger partial charge in [0.15, 0.2) is 0 Å². The van der Waals surface area contributed by atoms with Gasteiger partial charge >= 0.3 is 6.18 Å². The summed E-state index contributed by atoms with van der Waals surface area (Å²) >= 11 is 0. The molecule has 16 heavy (non-hydrogen) atoms. The molecule has 0 aliphatic heterocycles. The Morgan fingerprint density at radius 1 is 0.938 bits per heavy atom. The van der Waals surface area contributed by atoms with Crippen molar-refractivity contribution in [3.8, 4) is 0 Å². The maximum atomic E-state index is 12.2. The second-order valence-electron chi connectivity index (χ2n) is 3.00. The van der Waals surface area contributed by atoms with E-state index < -0.39 is 11.7 Å². The van der Waals surface area contributed by atoms with E-state index >= 15 is 0 Å². The minimum absolute atomic E-state index is 0.622. The Balaban J connectivity index is 2.76. The smallest absolute Gasteiger partial charge is 0.299 e. The van der Waals surface area contributed by atoms with Gasteiger partial charge in [-0.1, -0.05) is 30.4 Å². The summed E-state index contributed by atoms with van der Waals surface area (Å²) in [7, 11) is 0. The first-order chi connectivity index (χ1) is 7.54. The number of carbonyl (C=O) groups is 1. The van der Waals surface area contributed by atoms with Crippen molar-refractivity contribution in [2.45, 2.75) is 6.18 Å². The first-order valence-corrected chi connectivity index (χ1v) is 4.50. The molecule has 0 amide bonds. The molecular formula is C12H9F3O. The lowest BCUT2D eigenvalue weighted by atomic mass is 10.1. The van der Waals surface area contributed by atoms with Crippen LogP contribution in [0.4, 0.5) is 13.2 Å². The van der Waals surface area contributed by atoms with E-state index in [1.165, 1.54) is 24.3 Å². The lowest BCUT2D eigenvalue weighted by molar-refractivity contribution is -0.137. The number of rotatable bonds is 3. The summed E-state index contributed by atoms with van der Waals surface area (Å²) in [5, 5.41) is 0. The fourth-order valence-electron chi connectivity index (χ4n) is 1.06. The van der Waals surface area contributed by atoms with Gasteiger partial charge in [0.25, 0.3) is 0 Å². The highest BCUT2D eigenvalue weighted by Crippen LogP contribution is 2.29. The summed E-state index contributed by atoms with van der Waals surface area (Å²) in [6.07, 6.45) is 2.30. The average molecular weight is 226 g/mol. The predicted molar refractivity (Wildman–Crippen MR) is 55.7 cm³/mol. The van der Waals surface area contributed by atoms with E-state index in [0.29, 0.717) is 11.8 Å². The number of allylic oxidation sites excluding steroid dienone is 3. The van der Waals surface area contributed by atoms with Crippen molar-refractivity contribution in [1.29, 1.82) is 0 Å². The molecule has 0 atom stereocenters. The third-order valence-electron chi connectivity index (χ3n) is 1.83. The topological polar surface area (TPSA) is 17.1 Å². The quantitative estimate of drug-likeness (QED) is 0.438. The second-order valence-corrected chi connectivity index (χ2v) is 3.00. The summed E-state index contributed by atoms with van der Waals surface area (Å²) in [5.74, 6) is 0. The number of alkyl halides is 3. The molecule has 0 aliphatic rings. The molecule has 0 N–H and O–H groups in total. The molecule has 0 saturated carbocycles. The van der Waals surface area contributed by atoms with Crippen LogP contribution in [0.15, 0.2) is 42.5 Å². The van der Waals surface area contributed by atoms with Gasteiger partial charge in [-0.05, 0) is 23.8 Å². The van der Waals surface area contributed by atoms with E-state index in [0.717, 1.165) is 12.1 Å². The zero-order valence-corrected chi connectivity index (χ0v) is 8.24. The van der Waals surface area contributed by atoms with Crippen molar-refractivity contribution >= 4 is 12.4 Å². The zero-order chi connectivity index (χ0) is 12.0. The number of benzene rings is 1. The third kappa shape index (κ3) is 3.73.